The van der Waals surface area contributed by atoms with Gasteiger partial charge in [0, 0.05) is 0 Å². The minimum atomic E-state index is -3.21. The molecule has 0 aliphatic carbocycles. The van der Waals surface area contributed by atoms with Crippen LogP contribution in [0.3, 0.4) is 0 Å². The highest BCUT2D eigenvalue weighted by Crippen LogP contribution is 2.14. The van der Waals surface area contributed by atoms with E-state index in [1.807, 2.05) is 20.8 Å². The van der Waals surface area contributed by atoms with Crippen LogP contribution in [0.15, 0.2) is 6.07 Å². The second kappa shape index (κ2) is 7.88. The number of carbonyl (C=O) groups excluding carboxylic acids is 1. The van der Waals surface area contributed by atoms with Crippen molar-refractivity contribution in [3.05, 3.63) is 17.5 Å². The number of esters is 1. The lowest BCUT2D eigenvalue weighted by Gasteiger charge is -2.16. The largest absolute Gasteiger partial charge is 0.461 e. The molecule has 0 bridgehead atoms. The Morgan fingerprint density at radius 2 is 1.95 bits per heavy atom. The molecule has 0 atom stereocenters. The maximum Gasteiger partial charge on any atom is 0.389 e. The summed E-state index contributed by atoms with van der Waals surface area (Å²) in [7, 11) is 0. The van der Waals surface area contributed by atoms with Crippen LogP contribution in [0.5, 0.6) is 0 Å². The molecule has 1 heterocycles. The van der Waals surface area contributed by atoms with Gasteiger partial charge in [-0.05, 0) is 19.4 Å². The first-order valence-corrected chi connectivity index (χ1v) is 6.33. The molecular weight excluding hydrogens is 252 g/mol. The van der Waals surface area contributed by atoms with Gasteiger partial charge in [0.1, 0.15) is 0 Å². The van der Waals surface area contributed by atoms with E-state index in [1.165, 1.54) is 6.07 Å². The molecule has 0 fully saturated rings. The number of hydrogen-bond acceptors (Lipinski definition) is 6. The molecule has 0 aliphatic heterocycles. The first-order chi connectivity index (χ1) is 8.90. The predicted octanol–water partition coefficient (Wildman–Crippen LogP) is 0.583. The Morgan fingerprint density at radius 1 is 1.37 bits per heavy atom. The van der Waals surface area contributed by atoms with Gasteiger partial charge in [-0.2, -0.15) is 9.78 Å². The van der Waals surface area contributed by atoms with Gasteiger partial charge in [0.25, 0.3) is 0 Å². The molecule has 3 N–H and O–H groups in total. The Hall–Kier alpha value is -1.44. The number of aryl methyl sites for hydroxylation is 1. The van der Waals surface area contributed by atoms with Gasteiger partial charge in [-0.3, -0.25) is 0 Å². The van der Waals surface area contributed by atoms with Crippen molar-refractivity contribution < 1.29 is 24.9 Å². The van der Waals surface area contributed by atoms with E-state index in [-0.39, 0.29) is 12.3 Å². The summed E-state index contributed by atoms with van der Waals surface area (Å²) < 4.78 is 5.15. The molecule has 110 valence electrons. The molecular formula is C12H22N2O5. The molecule has 0 saturated carbocycles. The van der Waals surface area contributed by atoms with Gasteiger partial charge in [-0.25, -0.2) is 4.79 Å². The van der Waals surface area contributed by atoms with E-state index in [4.69, 9.17) is 20.1 Å². The van der Waals surface area contributed by atoms with Crippen molar-refractivity contribution >= 4 is 5.97 Å². The second-order valence-corrected chi connectivity index (χ2v) is 3.50. The Bertz CT molecular complexity index is 395. The summed E-state index contributed by atoms with van der Waals surface area (Å²) in [6.07, 6.45) is -1.89. The molecule has 0 aliphatic rings. The molecule has 0 unspecified atom stereocenters. The fraction of sp³-hybridized carbons (Fsp3) is 0.667. The zero-order valence-corrected chi connectivity index (χ0v) is 11.8. The molecule has 1 aromatic heterocycles. The SMILES string of the molecule is CC.CCCc1cc(C(=O)OCC)n(C(O)(O)O)n1. The Labute approximate surface area is 112 Å². The van der Waals surface area contributed by atoms with Crippen LogP contribution in [-0.4, -0.2) is 37.7 Å². The average Bonchev–Trinajstić information content (AvgIpc) is 2.76. The quantitative estimate of drug-likeness (QED) is 0.536. The van der Waals surface area contributed by atoms with E-state index in [2.05, 4.69) is 5.10 Å². The molecule has 1 aromatic rings. The van der Waals surface area contributed by atoms with Crippen molar-refractivity contribution in [1.29, 1.82) is 0 Å². The van der Waals surface area contributed by atoms with Crippen LogP contribution in [0.4, 0.5) is 0 Å². The summed E-state index contributed by atoms with van der Waals surface area (Å²) >= 11 is 0. The fourth-order valence-electron chi connectivity index (χ4n) is 1.39. The van der Waals surface area contributed by atoms with Gasteiger partial charge >= 0.3 is 12.1 Å². The number of aliphatic hydroxyl groups is 3. The van der Waals surface area contributed by atoms with Crippen molar-refractivity contribution in [2.45, 2.75) is 46.6 Å². The van der Waals surface area contributed by atoms with Crippen LogP contribution in [0.2, 0.25) is 0 Å². The number of rotatable bonds is 5. The fourth-order valence-corrected chi connectivity index (χ4v) is 1.39. The van der Waals surface area contributed by atoms with Crippen LogP contribution in [0.25, 0.3) is 0 Å². The van der Waals surface area contributed by atoms with E-state index in [9.17, 15) is 4.79 Å². The van der Waals surface area contributed by atoms with Crippen LogP contribution in [0, 0.1) is 0 Å². The summed E-state index contributed by atoms with van der Waals surface area (Å²) in [6, 6.07) is 1.36. The minimum Gasteiger partial charge on any atom is -0.461 e. The summed E-state index contributed by atoms with van der Waals surface area (Å²) in [5.74, 6) is -0.774. The zero-order chi connectivity index (χ0) is 15.1. The van der Waals surface area contributed by atoms with Gasteiger partial charge in [-0.1, -0.05) is 27.2 Å². The van der Waals surface area contributed by atoms with Crippen LogP contribution in [-0.2, 0) is 17.3 Å². The Morgan fingerprint density at radius 3 is 2.37 bits per heavy atom. The van der Waals surface area contributed by atoms with Crippen molar-refractivity contribution in [3.8, 4) is 0 Å². The molecule has 7 nitrogen and oxygen atoms in total. The summed E-state index contributed by atoms with van der Waals surface area (Å²) in [6.45, 7) is 7.67. The van der Waals surface area contributed by atoms with E-state index in [0.717, 1.165) is 6.42 Å². The Kier molecular flexibility index (Phi) is 7.28. The normalized spacial score (nSPS) is 10.7. The van der Waals surface area contributed by atoms with E-state index in [1.54, 1.807) is 6.92 Å². The number of ether oxygens (including phenoxy) is 1. The molecule has 1 rings (SSSR count). The third-order valence-corrected chi connectivity index (χ3v) is 2.03. The standard InChI is InChI=1S/C10H16N2O5.C2H6/c1-3-5-7-6-8(9(13)17-4-2)12(11-7)10(14,15)16;1-2/h6,14-16H,3-5H2,1-2H3;1-2H3. The summed E-state index contributed by atoms with van der Waals surface area (Å²) in [5, 5.41) is 31.0. The summed E-state index contributed by atoms with van der Waals surface area (Å²) in [5.41, 5.74) is 0.264. The Balaban J connectivity index is 0.00000154. The smallest absolute Gasteiger partial charge is 0.389 e. The van der Waals surface area contributed by atoms with Crippen molar-refractivity contribution in [2.24, 2.45) is 0 Å². The summed E-state index contributed by atoms with van der Waals surface area (Å²) in [4.78, 5) is 11.5. The lowest BCUT2D eigenvalue weighted by atomic mass is 10.2. The first-order valence-electron chi connectivity index (χ1n) is 6.33. The minimum absolute atomic E-state index is 0.141. The van der Waals surface area contributed by atoms with E-state index < -0.39 is 12.1 Å². The molecule has 0 amide bonds. The zero-order valence-electron chi connectivity index (χ0n) is 11.8. The highest BCUT2D eigenvalue weighted by atomic mass is 16.7. The predicted molar refractivity (Wildman–Crippen MR) is 68.2 cm³/mol. The molecule has 0 saturated heterocycles. The average molecular weight is 274 g/mol. The van der Waals surface area contributed by atoms with Gasteiger partial charge in [0.05, 0.1) is 12.3 Å². The third-order valence-electron chi connectivity index (χ3n) is 2.03. The third kappa shape index (κ3) is 4.98. The van der Waals surface area contributed by atoms with Gasteiger partial charge < -0.3 is 20.1 Å². The lowest BCUT2D eigenvalue weighted by Crippen LogP contribution is -2.36. The van der Waals surface area contributed by atoms with Gasteiger partial charge in [0.2, 0.25) is 0 Å². The lowest BCUT2D eigenvalue weighted by molar-refractivity contribution is -0.381. The van der Waals surface area contributed by atoms with Crippen molar-refractivity contribution in [2.75, 3.05) is 6.61 Å². The van der Waals surface area contributed by atoms with Gasteiger partial charge in [-0.15, -0.1) is 0 Å². The molecule has 7 heteroatoms. The number of hydrogen-bond donors (Lipinski definition) is 3. The molecule has 0 radical (unpaired) electrons. The number of aromatic nitrogens is 2. The molecule has 19 heavy (non-hydrogen) atoms. The second-order valence-electron chi connectivity index (χ2n) is 3.50. The van der Waals surface area contributed by atoms with Crippen molar-refractivity contribution in [3.63, 3.8) is 0 Å². The topological polar surface area (TPSA) is 105 Å². The van der Waals surface area contributed by atoms with E-state index >= 15 is 0 Å². The van der Waals surface area contributed by atoms with Crippen molar-refractivity contribution in [1.82, 2.24) is 9.78 Å². The maximum absolute atomic E-state index is 11.5. The van der Waals surface area contributed by atoms with E-state index in [0.29, 0.717) is 16.8 Å². The highest BCUT2D eigenvalue weighted by molar-refractivity contribution is 5.87. The molecule has 0 aromatic carbocycles. The van der Waals surface area contributed by atoms with Gasteiger partial charge in [0.15, 0.2) is 5.69 Å². The number of nitrogens with zero attached hydrogens (tertiary/aromatic N) is 2. The van der Waals surface area contributed by atoms with Crippen LogP contribution < -0.4 is 0 Å². The van der Waals surface area contributed by atoms with Crippen LogP contribution >= 0.6 is 0 Å². The first kappa shape index (κ1) is 17.6. The monoisotopic (exact) mass is 274 g/mol. The molecule has 0 spiro atoms. The number of carbonyl (C=O) groups is 1. The highest BCUT2D eigenvalue weighted by Gasteiger charge is 2.30. The van der Waals surface area contributed by atoms with Crippen LogP contribution in [0.1, 0.15) is 50.3 Å². The maximum atomic E-state index is 11.5.